The molecule has 0 radical (unpaired) electrons. The van der Waals surface area contributed by atoms with Gasteiger partial charge in [0.05, 0.1) is 17.9 Å². The molecule has 51 heavy (non-hydrogen) atoms. The zero-order valence-corrected chi connectivity index (χ0v) is 31.4. The van der Waals surface area contributed by atoms with Gasteiger partial charge in [0.2, 0.25) is 17.7 Å². The maximum atomic E-state index is 14.2. The molecule has 0 bridgehead atoms. The van der Waals surface area contributed by atoms with Crippen molar-refractivity contribution in [3.05, 3.63) is 29.8 Å². The average molecular weight is 720 g/mol. The molecule has 286 valence electrons. The number of nitrogens with one attached hydrogen (secondary N) is 4. The second-order valence-electron chi connectivity index (χ2n) is 15.9. The summed E-state index contributed by atoms with van der Waals surface area (Å²) in [5.74, 6) is -3.73. The number of anilines is 1. The molecule has 1 aliphatic carbocycles. The van der Waals surface area contributed by atoms with E-state index in [9.17, 15) is 33.2 Å². The minimum Gasteiger partial charge on any atom is -0.465 e. The van der Waals surface area contributed by atoms with E-state index in [4.69, 9.17) is 15.2 Å². The molecular formula is C37H58FN5O8. The second-order valence-corrected chi connectivity index (χ2v) is 15.9. The fourth-order valence-corrected chi connectivity index (χ4v) is 5.42. The Labute approximate surface area is 301 Å². The first-order chi connectivity index (χ1) is 23.7. The average Bonchev–Trinajstić information content (AvgIpc) is 3.41. The molecule has 2 rings (SSSR count). The van der Waals surface area contributed by atoms with Gasteiger partial charge in [-0.15, -0.1) is 0 Å². The van der Waals surface area contributed by atoms with Crippen LogP contribution in [0.3, 0.4) is 0 Å². The van der Waals surface area contributed by atoms with Crippen LogP contribution in [-0.2, 0) is 40.1 Å². The van der Waals surface area contributed by atoms with E-state index in [-0.39, 0.29) is 62.7 Å². The van der Waals surface area contributed by atoms with Crippen LogP contribution in [0.2, 0.25) is 0 Å². The summed E-state index contributed by atoms with van der Waals surface area (Å²) in [5.41, 5.74) is 5.42. The van der Waals surface area contributed by atoms with Crippen LogP contribution in [0.15, 0.2) is 24.3 Å². The molecule has 13 nitrogen and oxygen atoms in total. The van der Waals surface area contributed by atoms with Gasteiger partial charge in [-0.2, -0.15) is 0 Å². The van der Waals surface area contributed by atoms with Crippen molar-refractivity contribution < 1.29 is 42.6 Å². The van der Waals surface area contributed by atoms with Crippen molar-refractivity contribution in [3.63, 3.8) is 0 Å². The number of hydrogen-bond acceptors (Lipinski definition) is 8. The van der Waals surface area contributed by atoms with Gasteiger partial charge in [-0.25, -0.2) is 9.18 Å². The molecule has 6 N–H and O–H groups in total. The Morgan fingerprint density at radius 1 is 0.922 bits per heavy atom. The number of amides is 5. The number of alkyl halides is 1. The summed E-state index contributed by atoms with van der Waals surface area (Å²) in [6, 6.07) is 3.97. The van der Waals surface area contributed by atoms with E-state index in [0.29, 0.717) is 24.1 Å². The summed E-state index contributed by atoms with van der Waals surface area (Å²) in [6.07, 6.45) is 0.322. The molecule has 1 aromatic rings. The van der Waals surface area contributed by atoms with Crippen LogP contribution in [0.1, 0.15) is 99.5 Å². The quantitative estimate of drug-likeness (QED) is 0.114. The number of nitrogens with two attached hydrogens (primary N) is 1. The van der Waals surface area contributed by atoms with Gasteiger partial charge >= 0.3 is 18.0 Å². The lowest BCUT2D eigenvalue weighted by Crippen LogP contribution is -2.54. The number of urea groups is 1. The Kier molecular flexibility index (Phi) is 16.3. The molecule has 5 atom stereocenters. The molecule has 0 aliphatic heterocycles. The third-order valence-corrected chi connectivity index (χ3v) is 8.55. The number of carbonyl (C=O) groups excluding carboxylic acids is 6. The number of benzene rings is 1. The van der Waals surface area contributed by atoms with Crippen LogP contribution in [0.4, 0.5) is 14.9 Å². The molecule has 1 saturated carbocycles. The second kappa shape index (κ2) is 19.4. The number of primary amides is 1. The zero-order chi connectivity index (χ0) is 38.5. The van der Waals surface area contributed by atoms with Gasteiger partial charge in [-0.3, -0.25) is 24.0 Å². The molecule has 0 heterocycles. The lowest BCUT2D eigenvalue weighted by Gasteiger charge is -2.26. The van der Waals surface area contributed by atoms with E-state index in [1.54, 1.807) is 58.9 Å². The highest BCUT2D eigenvalue weighted by Gasteiger charge is 2.41. The highest BCUT2D eigenvalue weighted by atomic mass is 19.1. The van der Waals surface area contributed by atoms with Gasteiger partial charge in [0.1, 0.15) is 24.9 Å². The Morgan fingerprint density at radius 3 is 2.14 bits per heavy atom. The monoisotopic (exact) mass is 719 g/mol. The van der Waals surface area contributed by atoms with Gasteiger partial charge in [0.15, 0.2) is 0 Å². The summed E-state index contributed by atoms with van der Waals surface area (Å²) >= 11 is 0. The molecule has 14 heteroatoms. The number of hydrogen-bond donors (Lipinski definition) is 5. The first-order valence-corrected chi connectivity index (χ1v) is 17.7. The maximum Gasteiger partial charge on any atom is 0.312 e. The van der Waals surface area contributed by atoms with Gasteiger partial charge in [0.25, 0.3) is 0 Å². The Bertz CT molecular complexity index is 1360. The zero-order valence-electron chi connectivity index (χ0n) is 31.4. The fourth-order valence-electron chi connectivity index (χ4n) is 5.42. The lowest BCUT2D eigenvalue weighted by atomic mass is 9.90. The van der Waals surface area contributed by atoms with Gasteiger partial charge in [-0.05, 0) is 81.9 Å². The molecule has 0 spiro atoms. The van der Waals surface area contributed by atoms with Crippen molar-refractivity contribution in [2.45, 2.75) is 119 Å². The molecule has 1 aromatic carbocycles. The Balaban J connectivity index is 2.03. The summed E-state index contributed by atoms with van der Waals surface area (Å²) in [6.45, 7) is 14.9. The topological polar surface area (TPSA) is 195 Å². The number of carbonyl (C=O) groups is 6. The molecule has 0 saturated heterocycles. The number of halogens is 1. The third kappa shape index (κ3) is 15.7. The first-order valence-electron chi connectivity index (χ1n) is 17.7. The van der Waals surface area contributed by atoms with Gasteiger partial charge in [-0.1, -0.05) is 46.8 Å². The third-order valence-electron chi connectivity index (χ3n) is 8.55. The van der Waals surface area contributed by atoms with Gasteiger partial charge in [0, 0.05) is 24.6 Å². The Hall–Kier alpha value is -4.23. The maximum absolute atomic E-state index is 14.2. The summed E-state index contributed by atoms with van der Waals surface area (Å²) in [4.78, 5) is 75.6. The molecule has 1 fully saturated rings. The molecular weight excluding hydrogens is 661 g/mol. The van der Waals surface area contributed by atoms with E-state index in [1.807, 2.05) is 20.8 Å². The standard InChI is InChI=1S/C37H58FN5O8/c1-22(2)30(43-29(44)15-16-36(3,4)5)32(46)42-28(10-9-17-40-35(39)49)31(45)41-26-13-11-23(12-14-26)20-50-33(47)27-19-25(38)18-24(27)21-51-34(48)37(6,7)8/h11-14,22,24-25,27-28,30H,9-10,15-21H2,1-8H3,(H,41,45)(H,42,46)(H,43,44)(H3,39,40,49)/t24-,25-,27?,28-,30-/m0/s1. The minimum atomic E-state index is -1.19. The smallest absolute Gasteiger partial charge is 0.312 e. The highest BCUT2D eigenvalue weighted by Crippen LogP contribution is 2.36. The van der Waals surface area contributed by atoms with Crippen molar-refractivity contribution in [1.82, 2.24) is 16.0 Å². The number of ether oxygens (including phenoxy) is 2. The van der Waals surface area contributed by atoms with Crippen LogP contribution >= 0.6 is 0 Å². The van der Waals surface area contributed by atoms with Crippen molar-refractivity contribution >= 4 is 41.4 Å². The largest absolute Gasteiger partial charge is 0.465 e. The van der Waals surface area contributed by atoms with Crippen molar-refractivity contribution in [2.24, 2.45) is 34.3 Å². The lowest BCUT2D eigenvalue weighted by molar-refractivity contribution is -0.159. The van der Waals surface area contributed by atoms with E-state index in [2.05, 4.69) is 21.3 Å². The van der Waals surface area contributed by atoms with Crippen LogP contribution in [0.5, 0.6) is 0 Å². The van der Waals surface area contributed by atoms with Crippen LogP contribution in [0, 0.1) is 28.6 Å². The van der Waals surface area contributed by atoms with Crippen LogP contribution in [-0.4, -0.2) is 67.1 Å². The molecule has 0 aromatic heterocycles. The van der Waals surface area contributed by atoms with E-state index < -0.39 is 65.3 Å². The summed E-state index contributed by atoms with van der Waals surface area (Å²) < 4.78 is 25.1. The number of esters is 2. The van der Waals surface area contributed by atoms with Crippen molar-refractivity contribution in [2.75, 3.05) is 18.5 Å². The first kappa shape index (κ1) is 42.9. The van der Waals surface area contributed by atoms with E-state index in [1.165, 1.54) is 0 Å². The van der Waals surface area contributed by atoms with Crippen molar-refractivity contribution in [3.8, 4) is 0 Å². The minimum absolute atomic E-state index is 0.000673. The van der Waals surface area contributed by atoms with Crippen molar-refractivity contribution in [1.29, 1.82) is 0 Å². The SMILES string of the molecule is CC(C)[C@H](NC(=O)CCC(C)(C)C)C(=O)N[C@@H](CCCNC(N)=O)C(=O)Nc1ccc(COC(=O)C2C[C@@H](F)C[C@H]2COC(=O)C(C)(C)C)cc1. The van der Waals surface area contributed by atoms with Crippen LogP contribution < -0.4 is 27.0 Å². The summed E-state index contributed by atoms with van der Waals surface area (Å²) in [7, 11) is 0. The normalized spacial score (nSPS) is 18.7. The predicted molar refractivity (Wildman–Crippen MR) is 191 cm³/mol. The number of rotatable bonds is 17. The predicted octanol–water partition coefficient (Wildman–Crippen LogP) is 4.52. The van der Waals surface area contributed by atoms with Gasteiger partial charge < -0.3 is 36.5 Å². The molecule has 1 aliphatic rings. The highest BCUT2D eigenvalue weighted by molar-refractivity contribution is 5.98. The Morgan fingerprint density at radius 2 is 1.57 bits per heavy atom. The fraction of sp³-hybridized carbons (Fsp3) is 0.676. The summed E-state index contributed by atoms with van der Waals surface area (Å²) in [5, 5.41) is 10.8. The van der Waals surface area contributed by atoms with E-state index in [0.717, 1.165) is 0 Å². The molecule has 5 amide bonds. The van der Waals surface area contributed by atoms with E-state index >= 15 is 0 Å². The molecule has 1 unspecified atom stereocenters. The van der Waals surface area contributed by atoms with Crippen LogP contribution in [0.25, 0.3) is 0 Å².